The van der Waals surface area contributed by atoms with Gasteiger partial charge in [-0.2, -0.15) is 11.8 Å². The number of nitrogens with one attached hydrogen (secondary N) is 1. The van der Waals surface area contributed by atoms with Gasteiger partial charge < -0.3 is 10.2 Å². The van der Waals surface area contributed by atoms with Crippen LogP contribution in [0.1, 0.15) is 19.3 Å². The molecule has 0 aliphatic carbocycles. The van der Waals surface area contributed by atoms with Crippen molar-refractivity contribution in [2.45, 2.75) is 25.2 Å². The van der Waals surface area contributed by atoms with E-state index in [0.29, 0.717) is 18.8 Å². The zero-order chi connectivity index (χ0) is 21.8. The number of carbonyl (C=O) groups excluding carboxylic acids is 1. The van der Waals surface area contributed by atoms with Crippen LogP contribution in [0.2, 0.25) is 5.02 Å². The molecule has 164 valence electrons. The van der Waals surface area contributed by atoms with Gasteiger partial charge in [0.05, 0.1) is 5.75 Å². The topological polar surface area (TPSA) is 32.3 Å². The largest absolute Gasteiger partial charge is 0.355 e. The van der Waals surface area contributed by atoms with E-state index in [-0.39, 0.29) is 18.7 Å². The number of carbonyl (C=O) groups is 1. The number of nitrogens with zero attached hydrogens (tertiary/aromatic N) is 1. The molecule has 0 radical (unpaired) electrons. The Kier molecular flexibility index (Phi) is 10.6. The fourth-order valence-electron chi connectivity index (χ4n) is 2.88. The number of amides is 1. The van der Waals surface area contributed by atoms with Crippen molar-refractivity contribution in [2.24, 2.45) is 0 Å². The van der Waals surface area contributed by atoms with Crippen molar-refractivity contribution in [3.63, 3.8) is 0 Å². The van der Waals surface area contributed by atoms with Gasteiger partial charge in [0.15, 0.2) is 0 Å². The second-order valence-electron chi connectivity index (χ2n) is 7.26. The molecular weight excluding hydrogens is 426 g/mol. The summed E-state index contributed by atoms with van der Waals surface area (Å²) in [5.74, 6) is -0.418. The number of hydrogen-bond acceptors (Lipinski definition) is 3. The first-order chi connectivity index (χ1) is 14.4. The van der Waals surface area contributed by atoms with Crippen molar-refractivity contribution >= 4 is 29.3 Å². The van der Waals surface area contributed by atoms with E-state index in [1.165, 1.54) is 0 Å². The lowest BCUT2D eigenvalue weighted by molar-refractivity contribution is -0.118. The number of rotatable bonds is 1. The lowest BCUT2D eigenvalue weighted by atomic mass is 10.1. The van der Waals surface area contributed by atoms with Crippen molar-refractivity contribution in [3.8, 4) is 11.1 Å². The van der Waals surface area contributed by atoms with Crippen molar-refractivity contribution in [2.75, 3.05) is 38.2 Å². The minimum atomic E-state index is -2.38. The summed E-state index contributed by atoms with van der Waals surface area (Å²) < 4.78 is 24.7. The molecule has 0 saturated carbocycles. The third kappa shape index (κ3) is 9.45. The van der Waals surface area contributed by atoms with Gasteiger partial charge in [0, 0.05) is 43.1 Å². The minimum Gasteiger partial charge on any atom is -0.355 e. The molecule has 0 unspecified atom stereocenters. The van der Waals surface area contributed by atoms with E-state index in [1.807, 2.05) is 54.4 Å². The molecule has 0 bridgehead atoms. The molecule has 0 spiro atoms. The Morgan fingerprint density at radius 1 is 1.03 bits per heavy atom. The molecule has 2 aromatic rings. The molecule has 0 atom stereocenters. The summed E-state index contributed by atoms with van der Waals surface area (Å²) in [7, 11) is 1.87. The smallest absolute Gasteiger partial charge is 0.250 e. The number of hydrogen-bond donors (Lipinski definition) is 1. The highest BCUT2D eigenvalue weighted by Gasteiger charge is 2.32. The first-order valence-corrected chi connectivity index (χ1v) is 11.6. The SMILES string of the molecule is CN1CCC(F)(F)CC1.Clc1ccccc1-c1ccccc1.O=C1CSCCCN1. The Morgan fingerprint density at radius 3 is 2.30 bits per heavy atom. The molecule has 1 amide bonds. The molecular formula is C23H29ClF2N2OS. The number of alkyl halides is 2. The van der Waals surface area contributed by atoms with E-state index in [1.54, 1.807) is 11.8 Å². The lowest BCUT2D eigenvalue weighted by Gasteiger charge is -2.28. The van der Waals surface area contributed by atoms with Crippen LogP contribution in [-0.4, -0.2) is 54.9 Å². The average Bonchev–Trinajstić information content (AvgIpc) is 3.00. The summed E-state index contributed by atoms with van der Waals surface area (Å²) in [4.78, 5) is 12.5. The molecule has 2 saturated heterocycles. The normalized spacial score (nSPS) is 18.6. The van der Waals surface area contributed by atoms with Crippen molar-refractivity contribution < 1.29 is 13.6 Å². The number of thioether (sulfide) groups is 1. The molecule has 30 heavy (non-hydrogen) atoms. The Labute approximate surface area is 187 Å². The second kappa shape index (κ2) is 12.9. The predicted octanol–water partition coefficient (Wildman–Crippen LogP) is 5.59. The summed E-state index contributed by atoms with van der Waals surface area (Å²) >= 11 is 7.77. The van der Waals surface area contributed by atoms with E-state index < -0.39 is 5.92 Å². The zero-order valence-electron chi connectivity index (χ0n) is 17.3. The van der Waals surface area contributed by atoms with Crippen LogP contribution in [0.25, 0.3) is 11.1 Å². The molecule has 0 aromatic heterocycles. The highest BCUT2D eigenvalue weighted by atomic mass is 35.5. The molecule has 1 N–H and O–H groups in total. The Morgan fingerprint density at radius 2 is 1.67 bits per heavy atom. The van der Waals surface area contributed by atoms with E-state index in [0.717, 1.165) is 34.9 Å². The maximum absolute atomic E-state index is 12.4. The predicted molar refractivity (Wildman–Crippen MR) is 124 cm³/mol. The van der Waals surface area contributed by atoms with Gasteiger partial charge in [-0.1, -0.05) is 60.1 Å². The van der Waals surface area contributed by atoms with Gasteiger partial charge in [-0.05, 0) is 30.9 Å². The average molecular weight is 455 g/mol. The third-order valence-electron chi connectivity index (χ3n) is 4.70. The summed E-state index contributed by atoms with van der Waals surface area (Å²) in [6.45, 7) is 1.94. The van der Waals surface area contributed by atoms with Crippen molar-refractivity contribution in [1.29, 1.82) is 0 Å². The standard InChI is InChI=1S/C12H9Cl.C6H11F2N.C5H9NOS/c13-12-9-5-4-8-11(12)10-6-2-1-3-7-10;1-9-4-2-6(7,8)3-5-9;7-5-4-8-3-1-2-6-5/h1-9H;2-5H2,1H3;1-4H2,(H,6,7). The van der Waals surface area contributed by atoms with E-state index in [9.17, 15) is 13.6 Å². The van der Waals surface area contributed by atoms with Crippen LogP contribution in [0.4, 0.5) is 8.78 Å². The van der Waals surface area contributed by atoms with Gasteiger partial charge in [0.1, 0.15) is 0 Å². The van der Waals surface area contributed by atoms with Crippen LogP contribution in [0, 0.1) is 0 Å². The lowest BCUT2D eigenvalue weighted by Crippen LogP contribution is -2.36. The molecule has 3 nitrogen and oxygen atoms in total. The van der Waals surface area contributed by atoms with Gasteiger partial charge >= 0.3 is 0 Å². The van der Waals surface area contributed by atoms with Crippen LogP contribution in [0.5, 0.6) is 0 Å². The summed E-state index contributed by atoms with van der Waals surface area (Å²) in [6.07, 6.45) is 1.18. The first kappa shape index (κ1) is 24.6. The Hall–Kier alpha value is -1.63. The van der Waals surface area contributed by atoms with Gasteiger partial charge in [-0.3, -0.25) is 4.79 Å². The van der Waals surface area contributed by atoms with Crippen molar-refractivity contribution in [1.82, 2.24) is 10.2 Å². The fourth-order valence-corrected chi connectivity index (χ4v) is 3.90. The van der Waals surface area contributed by atoms with Crippen LogP contribution < -0.4 is 5.32 Å². The van der Waals surface area contributed by atoms with Crippen molar-refractivity contribution in [3.05, 3.63) is 59.6 Å². The molecule has 2 heterocycles. The molecule has 7 heteroatoms. The molecule has 2 aliphatic rings. The first-order valence-electron chi connectivity index (χ1n) is 10.1. The maximum atomic E-state index is 12.4. The molecule has 2 fully saturated rings. The van der Waals surface area contributed by atoms with Crippen LogP contribution in [0.3, 0.4) is 0 Å². The summed E-state index contributed by atoms with van der Waals surface area (Å²) in [5.41, 5.74) is 2.25. The van der Waals surface area contributed by atoms with Crippen LogP contribution in [0.15, 0.2) is 54.6 Å². The van der Waals surface area contributed by atoms with Gasteiger partial charge in [-0.25, -0.2) is 8.78 Å². The second-order valence-corrected chi connectivity index (χ2v) is 8.77. The summed E-state index contributed by atoms with van der Waals surface area (Å²) in [6, 6.07) is 18.0. The third-order valence-corrected chi connectivity index (χ3v) is 6.07. The maximum Gasteiger partial charge on any atom is 0.250 e. The van der Waals surface area contributed by atoms with Gasteiger partial charge in [-0.15, -0.1) is 0 Å². The van der Waals surface area contributed by atoms with E-state index in [4.69, 9.17) is 11.6 Å². The van der Waals surface area contributed by atoms with E-state index >= 15 is 0 Å². The van der Waals surface area contributed by atoms with Gasteiger partial charge in [0.2, 0.25) is 5.91 Å². The highest BCUT2D eigenvalue weighted by Crippen LogP contribution is 2.27. The number of likely N-dealkylation sites (tertiary alicyclic amines) is 1. The van der Waals surface area contributed by atoms with Gasteiger partial charge in [0.25, 0.3) is 5.92 Å². The number of benzene rings is 2. The number of halogens is 3. The van der Waals surface area contributed by atoms with E-state index in [2.05, 4.69) is 17.4 Å². The van der Waals surface area contributed by atoms with Crippen LogP contribution >= 0.6 is 23.4 Å². The molecule has 2 aromatic carbocycles. The fraction of sp³-hybridized carbons (Fsp3) is 0.435. The highest BCUT2D eigenvalue weighted by molar-refractivity contribution is 7.99. The molecule has 4 rings (SSSR count). The summed E-state index contributed by atoms with van der Waals surface area (Å²) in [5, 5.41) is 3.58. The minimum absolute atomic E-state index is 0.0312. The Balaban J connectivity index is 0.000000167. The zero-order valence-corrected chi connectivity index (χ0v) is 18.8. The quantitative estimate of drug-likeness (QED) is 0.609. The monoisotopic (exact) mass is 454 g/mol. The molecule has 2 aliphatic heterocycles. The number of piperidine rings is 1. The van der Waals surface area contributed by atoms with Crippen LogP contribution in [-0.2, 0) is 4.79 Å². The Bertz CT molecular complexity index is 757.